The Morgan fingerprint density at radius 1 is 1.16 bits per heavy atom. The first-order chi connectivity index (χ1) is 12.1. The highest BCUT2D eigenvalue weighted by Gasteiger charge is 2.16. The van der Waals surface area contributed by atoms with E-state index in [0.717, 1.165) is 37.8 Å². The number of carbonyl (C=O) groups is 3. The topological polar surface area (TPSA) is 84.5 Å². The Morgan fingerprint density at radius 3 is 2.64 bits per heavy atom. The van der Waals surface area contributed by atoms with Crippen molar-refractivity contribution >= 4 is 23.5 Å². The van der Waals surface area contributed by atoms with Gasteiger partial charge in [-0.3, -0.25) is 9.59 Å². The molecule has 2 amide bonds. The molecule has 2 rings (SSSR count). The number of carbonyl (C=O) groups excluding carboxylic acids is 3. The molecule has 0 saturated heterocycles. The molecule has 1 saturated carbocycles. The molecule has 134 valence electrons. The van der Waals surface area contributed by atoms with Gasteiger partial charge in [-0.2, -0.15) is 0 Å². The van der Waals surface area contributed by atoms with Crippen molar-refractivity contribution in [2.75, 3.05) is 11.9 Å². The molecule has 0 aromatic heterocycles. The molecule has 0 heterocycles. The van der Waals surface area contributed by atoms with Gasteiger partial charge in [-0.15, -0.1) is 0 Å². The number of benzene rings is 1. The summed E-state index contributed by atoms with van der Waals surface area (Å²) >= 11 is 0. The van der Waals surface area contributed by atoms with E-state index in [9.17, 15) is 14.4 Å². The summed E-state index contributed by atoms with van der Waals surface area (Å²) in [6, 6.07) is 6.96. The van der Waals surface area contributed by atoms with Crippen LogP contribution in [0.25, 0.3) is 0 Å². The maximum atomic E-state index is 12.3. The van der Waals surface area contributed by atoms with Crippen LogP contribution in [0.5, 0.6) is 0 Å². The Hall–Kier alpha value is -2.63. The van der Waals surface area contributed by atoms with E-state index >= 15 is 0 Å². The lowest BCUT2D eigenvalue weighted by Gasteiger charge is -2.22. The average molecular weight is 344 g/mol. The first-order valence-corrected chi connectivity index (χ1v) is 8.65. The van der Waals surface area contributed by atoms with Gasteiger partial charge in [-0.05, 0) is 38.0 Å². The summed E-state index contributed by atoms with van der Waals surface area (Å²) in [6.07, 6.45) is 7.72. The van der Waals surface area contributed by atoms with Crippen molar-refractivity contribution in [3.63, 3.8) is 0 Å². The van der Waals surface area contributed by atoms with Gasteiger partial charge in [-0.25, -0.2) is 4.79 Å². The summed E-state index contributed by atoms with van der Waals surface area (Å²) < 4.78 is 4.71. The van der Waals surface area contributed by atoms with Crippen LogP contribution in [0, 0.1) is 0 Å². The smallest absolute Gasteiger partial charge is 0.330 e. The molecule has 0 unspecified atom stereocenters. The fraction of sp³-hybridized carbons (Fsp3) is 0.421. The lowest BCUT2D eigenvalue weighted by molar-refractivity contribution is -0.137. The van der Waals surface area contributed by atoms with Crippen LogP contribution in [0.15, 0.2) is 36.4 Å². The van der Waals surface area contributed by atoms with Gasteiger partial charge in [0.15, 0.2) is 0 Å². The second-order valence-electron chi connectivity index (χ2n) is 5.96. The molecule has 0 bridgehead atoms. The van der Waals surface area contributed by atoms with E-state index in [1.165, 1.54) is 6.42 Å². The lowest BCUT2D eigenvalue weighted by Crippen LogP contribution is -2.36. The van der Waals surface area contributed by atoms with E-state index in [1.54, 1.807) is 31.2 Å². The number of hydrogen-bond acceptors (Lipinski definition) is 4. The molecule has 1 aromatic carbocycles. The standard InChI is InChI=1S/C19H24N2O4/c1-2-25-18(23)12-11-17(22)20-16-10-6-7-14(13-16)19(24)21-15-8-4-3-5-9-15/h6-7,10-13,15H,2-5,8-9H2,1H3,(H,20,22)(H,21,24)/b12-11+. The monoisotopic (exact) mass is 344 g/mol. The minimum atomic E-state index is -0.571. The SMILES string of the molecule is CCOC(=O)/C=C/C(=O)Nc1cccc(C(=O)NC2CCCCC2)c1. The van der Waals surface area contributed by atoms with Crippen LogP contribution in [0.4, 0.5) is 5.69 Å². The Morgan fingerprint density at radius 2 is 1.92 bits per heavy atom. The zero-order valence-electron chi connectivity index (χ0n) is 14.4. The third-order valence-corrected chi connectivity index (χ3v) is 3.99. The van der Waals surface area contributed by atoms with Crippen LogP contribution in [0.3, 0.4) is 0 Å². The van der Waals surface area contributed by atoms with Gasteiger partial charge in [0.25, 0.3) is 5.91 Å². The molecule has 25 heavy (non-hydrogen) atoms. The van der Waals surface area contributed by atoms with Gasteiger partial charge in [0.1, 0.15) is 0 Å². The van der Waals surface area contributed by atoms with Crippen molar-refractivity contribution in [3.8, 4) is 0 Å². The molecule has 1 fully saturated rings. The van der Waals surface area contributed by atoms with Gasteiger partial charge >= 0.3 is 5.97 Å². The third-order valence-electron chi connectivity index (χ3n) is 3.99. The van der Waals surface area contributed by atoms with Crippen LogP contribution in [-0.2, 0) is 14.3 Å². The summed E-state index contributed by atoms with van der Waals surface area (Å²) in [5, 5.41) is 5.67. The largest absolute Gasteiger partial charge is 0.463 e. The Labute approximate surface area is 147 Å². The predicted molar refractivity (Wildman–Crippen MR) is 95.2 cm³/mol. The van der Waals surface area contributed by atoms with Crippen molar-refractivity contribution in [2.45, 2.75) is 45.1 Å². The molecule has 0 aliphatic heterocycles. The second-order valence-corrected chi connectivity index (χ2v) is 5.96. The fourth-order valence-electron chi connectivity index (χ4n) is 2.77. The minimum absolute atomic E-state index is 0.134. The minimum Gasteiger partial charge on any atom is -0.463 e. The fourth-order valence-corrected chi connectivity index (χ4v) is 2.77. The van der Waals surface area contributed by atoms with Crippen molar-refractivity contribution in [2.24, 2.45) is 0 Å². The number of hydrogen-bond donors (Lipinski definition) is 2. The molecule has 1 aliphatic carbocycles. The van der Waals surface area contributed by atoms with Crippen LogP contribution in [0.2, 0.25) is 0 Å². The first-order valence-electron chi connectivity index (χ1n) is 8.65. The first kappa shape index (κ1) is 18.7. The van der Waals surface area contributed by atoms with Gasteiger partial charge in [0.05, 0.1) is 6.61 Å². The molecule has 0 radical (unpaired) electrons. The Balaban J connectivity index is 1.92. The number of anilines is 1. The summed E-state index contributed by atoms with van der Waals surface area (Å²) in [4.78, 5) is 35.3. The summed E-state index contributed by atoms with van der Waals surface area (Å²) in [5.41, 5.74) is 0.993. The highest BCUT2D eigenvalue weighted by Crippen LogP contribution is 2.18. The maximum Gasteiger partial charge on any atom is 0.330 e. The quantitative estimate of drug-likeness (QED) is 0.614. The second kappa shape index (κ2) is 9.61. The van der Waals surface area contributed by atoms with Crippen LogP contribution in [-0.4, -0.2) is 30.4 Å². The van der Waals surface area contributed by atoms with E-state index in [1.807, 2.05) is 0 Å². The molecule has 1 aliphatic rings. The molecule has 6 nitrogen and oxygen atoms in total. The summed E-state index contributed by atoms with van der Waals surface area (Å²) in [6.45, 7) is 1.94. The zero-order chi connectivity index (χ0) is 18.1. The van der Waals surface area contributed by atoms with E-state index in [4.69, 9.17) is 4.74 Å². The summed E-state index contributed by atoms with van der Waals surface area (Å²) in [5.74, 6) is -1.17. The van der Waals surface area contributed by atoms with Crippen molar-refractivity contribution < 1.29 is 19.1 Å². The molecule has 6 heteroatoms. The molecule has 2 N–H and O–H groups in total. The van der Waals surface area contributed by atoms with E-state index in [0.29, 0.717) is 11.3 Å². The summed E-state index contributed by atoms with van der Waals surface area (Å²) in [7, 11) is 0. The Bertz CT molecular complexity index is 649. The lowest BCUT2D eigenvalue weighted by atomic mass is 9.95. The number of ether oxygens (including phenoxy) is 1. The number of nitrogens with one attached hydrogen (secondary N) is 2. The molecular weight excluding hydrogens is 320 g/mol. The van der Waals surface area contributed by atoms with Crippen LogP contribution < -0.4 is 10.6 Å². The maximum absolute atomic E-state index is 12.3. The highest BCUT2D eigenvalue weighted by molar-refractivity contribution is 6.03. The van der Waals surface area contributed by atoms with Crippen LogP contribution >= 0.6 is 0 Å². The normalized spacial score (nSPS) is 14.9. The van der Waals surface area contributed by atoms with Gasteiger partial charge < -0.3 is 15.4 Å². The zero-order valence-corrected chi connectivity index (χ0v) is 14.4. The van der Waals surface area contributed by atoms with Crippen molar-refractivity contribution in [1.82, 2.24) is 5.32 Å². The number of esters is 1. The van der Waals surface area contributed by atoms with E-state index in [-0.39, 0.29) is 18.6 Å². The molecule has 0 atom stereocenters. The van der Waals surface area contributed by atoms with Crippen molar-refractivity contribution in [1.29, 1.82) is 0 Å². The van der Waals surface area contributed by atoms with E-state index in [2.05, 4.69) is 10.6 Å². The number of amides is 2. The molecule has 0 spiro atoms. The molecular formula is C19H24N2O4. The van der Waals surface area contributed by atoms with Gasteiger partial charge in [-0.1, -0.05) is 25.3 Å². The van der Waals surface area contributed by atoms with Crippen LogP contribution in [0.1, 0.15) is 49.4 Å². The van der Waals surface area contributed by atoms with Crippen molar-refractivity contribution in [3.05, 3.63) is 42.0 Å². The molecule has 1 aromatic rings. The third kappa shape index (κ3) is 6.41. The average Bonchev–Trinajstić information content (AvgIpc) is 2.61. The van der Waals surface area contributed by atoms with Gasteiger partial charge in [0.2, 0.25) is 5.91 Å². The number of rotatable bonds is 6. The Kier molecular flexibility index (Phi) is 7.19. The highest BCUT2D eigenvalue weighted by atomic mass is 16.5. The van der Waals surface area contributed by atoms with Gasteiger partial charge in [0, 0.05) is 29.4 Å². The predicted octanol–water partition coefficient (Wildman–Crippen LogP) is 2.81. The van der Waals surface area contributed by atoms with E-state index < -0.39 is 11.9 Å².